The molecule has 0 saturated carbocycles. The van der Waals surface area contributed by atoms with Gasteiger partial charge in [0.1, 0.15) is 6.04 Å². The van der Waals surface area contributed by atoms with Crippen molar-refractivity contribution in [3.8, 4) is 0 Å². The molecule has 0 radical (unpaired) electrons. The molecule has 0 aromatic heterocycles. The molecule has 0 unspecified atom stereocenters. The lowest BCUT2D eigenvalue weighted by molar-refractivity contribution is -0.152. The maximum atomic E-state index is 12.6. The van der Waals surface area contributed by atoms with E-state index in [2.05, 4.69) is 24.3 Å². The predicted octanol–water partition coefficient (Wildman–Crippen LogP) is 2.65. The fourth-order valence-corrected chi connectivity index (χ4v) is 4.60. The van der Waals surface area contributed by atoms with E-state index in [1.165, 1.54) is 11.1 Å². The molecule has 2 atom stereocenters. The van der Waals surface area contributed by atoms with Crippen molar-refractivity contribution in [2.75, 3.05) is 18.2 Å². The second-order valence-electron chi connectivity index (χ2n) is 6.21. The lowest BCUT2D eigenvalue weighted by atomic mass is 9.82. The molecular weight excluding hydrogens is 310 g/mol. The Morgan fingerprint density at radius 3 is 2.87 bits per heavy atom. The number of nitrogens with zero attached hydrogens (tertiary/aromatic N) is 1. The van der Waals surface area contributed by atoms with Crippen molar-refractivity contribution in [1.82, 2.24) is 4.90 Å². The fourth-order valence-electron chi connectivity index (χ4n) is 3.43. The summed E-state index contributed by atoms with van der Waals surface area (Å²) >= 11 is 1.63. The third kappa shape index (κ3) is 3.71. The van der Waals surface area contributed by atoms with Gasteiger partial charge in [-0.1, -0.05) is 24.3 Å². The van der Waals surface area contributed by atoms with Crippen LogP contribution >= 0.6 is 11.8 Å². The topological polar surface area (TPSA) is 46.6 Å². The number of hydrogen-bond donors (Lipinski definition) is 0. The summed E-state index contributed by atoms with van der Waals surface area (Å²) in [7, 11) is 0. The van der Waals surface area contributed by atoms with Gasteiger partial charge in [0, 0.05) is 12.2 Å². The number of rotatable bonds is 4. The first-order valence-corrected chi connectivity index (χ1v) is 9.45. The Morgan fingerprint density at radius 2 is 2.09 bits per heavy atom. The number of carbonyl (C=O) groups excluding carboxylic acids is 2. The lowest BCUT2D eigenvalue weighted by Gasteiger charge is -2.27. The van der Waals surface area contributed by atoms with E-state index in [-0.39, 0.29) is 11.9 Å². The number of thioether (sulfide) groups is 1. The molecule has 3 rings (SSSR count). The predicted molar refractivity (Wildman–Crippen MR) is 91.2 cm³/mol. The number of carbonyl (C=O) groups is 2. The van der Waals surface area contributed by atoms with Gasteiger partial charge in [0.2, 0.25) is 5.91 Å². The van der Waals surface area contributed by atoms with E-state index in [0.29, 0.717) is 30.6 Å². The highest BCUT2D eigenvalue weighted by Gasteiger charge is 2.36. The molecule has 1 heterocycles. The van der Waals surface area contributed by atoms with Crippen molar-refractivity contribution >= 4 is 23.6 Å². The van der Waals surface area contributed by atoms with Crippen molar-refractivity contribution in [2.24, 2.45) is 5.92 Å². The fraction of sp³-hybridized carbons (Fsp3) is 0.556. The van der Waals surface area contributed by atoms with Gasteiger partial charge in [-0.05, 0) is 43.2 Å². The van der Waals surface area contributed by atoms with Gasteiger partial charge in [0.25, 0.3) is 0 Å². The van der Waals surface area contributed by atoms with Gasteiger partial charge >= 0.3 is 5.97 Å². The summed E-state index contributed by atoms with van der Waals surface area (Å²) in [6.45, 7) is 2.16. The van der Waals surface area contributed by atoms with E-state index in [1.807, 2.05) is 0 Å². The van der Waals surface area contributed by atoms with Gasteiger partial charge in [-0.25, -0.2) is 4.79 Å². The minimum absolute atomic E-state index is 0.0948. The number of ether oxygens (including phenoxy) is 1. The molecule has 23 heavy (non-hydrogen) atoms. The van der Waals surface area contributed by atoms with Crippen molar-refractivity contribution in [1.29, 1.82) is 0 Å². The van der Waals surface area contributed by atoms with E-state index in [1.54, 1.807) is 23.6 Å². The summed E-state index contributed by atoms with van der Waals surface area (Å²) in [6, 6.07) is 8.09. The molecule has 1 amide bonds. The van der Waals surface area contributed by atoms with Crippen LogP contribution in [-0.4, -0.2) is 41.1 Å². The first kappa shape index (κ1) is 16.4. The van der Waals surface area contributed by atoms with Crippen LogP contribution in [-0.2, 0) is 27.2 Å². The van der Waals surface area contributed by atoms with Crippen LogP contribution in [0.25, 0.3) is 0 Å². The minimum atomic E-state index is -0.400. The SMILES string of the molecule is CCOC(=O)[C@@H]1CSCN1C(=O)C[C@H]1CCc2ccccc2C1. The number of esters is 1. The Bertz CT molecular complexity index is 589. The van der Waals surface area contributed by atoms with Gasteiger partial charge in [0.05, 0.1) is 12.5 Å². The Morgan fingerprint density at radius 1 is 1.30 bits per heavy atom. The van der Waals surface area contributed by atoms with E-state index in [0.717, 1.165) is 19.3 Å². The summed E-state index contributed by atoms with van der Waals surface area (Å²) < 4.78 is 5.10. The third-order valence-electron chi connectivity index (χ3n) is 4.67. The van der Waals surface area contributed by atoms with Gasteiger partial charge in [-0.3, -0.25) is 4.79 Å². The molecule has 5 heteroatoms. The second-order valence-corrected chi connectivity index (χ2v) is 7.21. The van der Waals surface area contributed by atoms with Crippen LogP contribution in [0.15, 0.2) is 24.3 Å². The van der Waals surface area contributed by atoms with E-state index in [4.69, 9.17) is 4.74 Å². The molecule has 2 aliphatic rings. The standard InChI is InChI=1S/C18H23NO3S/c1-2-22-18(21)16-11-23-12-19(16)17(20)10-13-7-8-14-5-3-4-6-15(14)9-13/h3-6,13,16H,2,7-12H2,1H3/t13-,16-/m0/s1. The molecule has 4 nitrogen and oxygen atoms in total. The summed E-state index contributed by atoms with van der Waals surface area (Å²) in [4.78, 5) is 26.3. The summed E-state index contributed by atoms with van der Waals surface area (Å²) in [5, 5.41) is 0. The normalized spacial score (nSPS) is 23.4. The second kappa shape index (κ2) is 7.39. The van der Waals surface area contributed by atoms with Crippen LogP contribution in [0.3, 0.4) is 0 Å². The average molecular weight is 333 g/mol. The number of amides is 1. The average Bonchev–Trinajstić information content (AvgIpc) is 3.05. The van der Waals surface area contributed by atoms with Gasteiger partial charge in [-0.2, -0.15) is 0 Å². The van der Waals surface area contributed by atoms with Crippen LogP contribution in [0.1, 0.15) is 30.9 Å². The summed E-state index contributed by atoms with van der Waals surface area (Å²) in [6.07, 6.45) is 3.59. The molecule has 1 aromatic carbocycles. The molecule has 124 valence electrons. The first-order chi connectivity index (χ1) is 11.2. The number of aryl methyl sites for hydroxylation is 1. The van der Waals surface area contributed by atoms with E-state index < -0.39 is 6.04 Å². The maximum absolute atomic E-state index is 12.6. The molecule has 0 spiro atoms. The Kier molecular flexibility index (Phi) is 5.26. The number of benzene rings is 1. The molecule has 1 aliphatic carbocycles. The van der Waals surface area contributed by atoms with Gasteiger partial charge in [0.15, 0.2) is 0 Å². The zero-order valence-electron chi connectivity index (χ0n) is 13.5. The van der Waals surface area contributed by atoms with E-state index >= 15 is 0 Å². The number of fused-ring (bicyclic) bond motifs is 1. The Balaban J connectivity index is 1.60. The highest BCUT2D eigenvalue weighted by atomic mass is 32.2. The molecule has 1 fully saturated rings. The van der Waals surface area contributed by atoms with Crippen molar-refractivity contribution < 1.29 is 14.3 Å². The summed E-state index contributed by atoms with van der Waals surface area (Å²) in [5.74, 6) is 1.46. The third-order valence-corrected chi connectivity index (χ3v) is 5.69. The highest BCUT2D eigenvalue weighted by Crippen LogP contribution is 2.30. The van der Waals surface area contributed by atoms with Crippen LogP contribution in [0.2, 0.25) is 0 Å². The lowest BCUT2D eigenvalue weighted by Crippen LogP contribution is -2.43. The molecule has 0 N–H and O–H groups in total. The first-order valence-electron chi connectivity index (χ1n) is 8.29. The van der Waals surface area contributed by atoms with Crippen molar-refractivity contribution in [3.63, 3.8) is 0 Å². The molecule has 1 saturated heterocycles. The minimum Gasteiger partial charge on any atom is -0.464 e. The van der Waals surface area contributed by atoms with Gasteiger partial charge in [-0.15, -0.1) is 11.8 Å². The van der Waals surface area contributed by atoms with Crippen LogP contribution in [0, 0.1) is 5.92 Å². The molecular formula is C18H23NO3S. The van der Waals surface area contributed by atoms with Gasteiger partial charge < -0.3 is 9.64 Å². The summed E-state index contributed by atoms with van der Waals surface area (Å²) in [5.41, 5.74) is 2.78. The maximum Gasteiger partial charge on any atom is 0.329 e. The smallest absolute Gasteiger partial charge is 0.329 e. The van der Waals surface area contributed by atoms with Crippen molar-refractivity contribution in [3.05, 3.63) is 35.4 Å². The van der Waals surface area contributed by atoms with Crippen LogP contribution in [0.4, 0.5) is 0 Å². The Labute approximate surface area is 141 Å². The molecule has 0 bridgehead atoms. The highest BCUT2D eigenvalue weighted by molar-refractivity contribution is 7.99. The zero-order chi connectivity index (χ0) is 16.2. The molecule has 1 aliphatic heterocycles. The van der Waals surface area contributed by atoms with Crippen LogP contribution in [0.5, 0.6) is 0 Å². The monoisotopic (exact) mass is 333 g/mol. The number of hydrogen-bond acceptors (Lipinski definition) is 4. The Hall–Kier alpha value is -1.49. The van der Waals surface area contributed by atoms with Crippen LogP contribution < -0.4 is 0 Å². The molecule has 1 aromatic rings. The largest absolute Gasteiger partial charge is 0.464 e. The quantitative estimate of drug-likeness (QED) is 0.795. The zero-order valence-corrected chi connectivity index (χ0v) is 14.3. The van der Waals surface area contributed by atoms with E-state index in [9.17, 15) is 9.59 Å². The van der Waals surface area contributed by atoms with Crippen molar-refractivity contribution in [2.45, 2.75) is 38.6 Å².